The van der Waals surface area contributed by atoms with Crippen LogP contribution in [0.15, 0.2) is 53.6 Å². The Morgan fingerprint density at radius 2 is 1.67 bits per heavy atom. The number of aromatic nitrogens is 2. The highest BCUT2D eigenvalue weighted by Gasteiger charge is 2.17. The van der Waals surface area contributed by atoms with Gasteiger partial charge in [0.25, 0.3) is 5.56 Å². The van der Waals surface area contributed by atoms with Gasteiger partial charge in [-0.3, -0.25) is 23.9 Å². The number of ketones is 1. The second-order valence-corrected chi connectivity index (χ2v) is 13.0. The SMILES string of the molecule is Cc1cc(C)c(NC(=O)Cn2c(=O)/c(=C/c3c(F)cncc3N(C)C)s/c2=C\C(=O)c2ccc(C(C)(C)C)cc2)c(C)c1. The van der Waals surface area contributed by atoms with E-state index in [1.54, 1.807) is 31.1 Å². The predicted molar refractivity (Wildman–Crippen MR) is 173 cm³/mol. The van der Waals surface area contributed by atoms with Gasteiger partial charge in [-0.2, -0.15) is 0 Å². The van der Waals surface area contributed by atoms with Gasteiger partial charge in [0.05, 0.1) is 22.6 Å². The van der Waals surface area contributed by atoms with Gasteiger partial charge in [0, 0.05) is 37.0 Å². The van der Waals surface area contributed by atoms with Crippen LogP contribution in [0.4, 0.5) is 15.8 Å². The van der Waals surface area contributed by atoms with Crippen molar-refractivity contribution in [1.29, 1.82) is 0 Å². The van der Waals surface area contributed by atoms with Gasteiger partial charge in [0.1, 0.15) is 11.2 Å². The molecule has 1 amide bonds. The van der Waals surface area contributed by atoms with E-state index in [0.29, 0.717) is 16.9 Å². The summed E-state index contributed by atoms with van der Waals surface area (Å²) in [6, 6.07) is 11.3. The normalized spacial score (nSPS) is 12.5. The first-order valence-corrected chi connectivity index (χ1v) is 14.7. The molecule has 4 aromatic rings. The molecule has 0 aliphatic rings. The van der Waals surface area contributed by atoms with Crippen molar-refractivity contribution in [3.05, 3.63) is 108 Å². The predicted octanol–water partition coefficient (Wildman–Crippen LogP) is 4.86. The number of hydrogen-bond donors (Lipinski definition) is 1. The van der Waals surface area contributed by atoms with Crippen LogP contribution in [0.3, 0.4) is 0 Å². The highest BCUT2D eigenvalue weighted by atomic mass is 32.1. The molecule has 9 heteroatoms. The van der Waals surface area contributed by atoms with Crippen LogP contribution in [-0.2, 0) is 16.8 Å². The smallest absolute Gasteiger partial charge is 0.269 e. The molecular weight excluding hydrogens is 563 g/mol. The van der Waals surface area contributed by atoms with E-state index >= 15 is 0 Å². The number of carbonyl (C=O) groups excluding carboxylic acids is 2. The van der Waals surface area contributed by atoms with E-state index in [1.807, 2.05) is 45.0 Å². The van der Waals surface area contributed by atoms with Gasteiger partial charge in [0.2, 0.25) is 5.91 Å². The Bertz CT molecular complexity index is 1860. The van der Waals surface area contributed by atoms with Crippen molar-refractivity contribution in [2.24, 2.45) is 0 Å². The number of Topliss-reactive ketones (excluding diaryl/α,β-unsaturated/α-hetero) is 1. The van der Waals surface area contributed by atoms with E-state index in [4.69, 9.17) is 0 Å². The third kappa shape index (κ3) is 7.17. The molecule has 2 aromatic heterocycles. The number of anilines is 2. The van der Waals surface area contributed by atoms with Gasteiger partial charge in [-0.05, 0) is 49.0 Å². The lowest BCUT2D eigenvalue weighted by Gasteiger charge is -2.18. The van der Waals surface area contributed by atoms with Crippen molar-refractivity contribution >= 4 is 46.6 Å². The number of thiazole rings is 1. The van der Waals surface area contributed by atoms with Gasteiger partial charge < -0.3 is 10.2 Å². The molecule has 0 saturated heterocycles. The number of aryl methyl sites for hydroxylation is 3. The Morgan fingerprint density at radius 1 is 1.05 bits per heavy atom. The van der Waals surface area contributed by atoms with Crippen molar-refractivity contribution in [2.45, 2.75) is 53.5 Å². The minimum Gasteiger partial charge on any atom is -0.376 e. The molecule has 0 spiro atoms. The van der Waals surface area contributed by atoms with Crippen LogP contribution in [0.2, 0.25) is 0 Å². The number of benzene rings is 2. The second kappa shape index (κ2) is 12.5. The Labute approximate surface area is 255 Å². The van der Waals surface area contributed by atoms with Gasteiger partial charge in [-0.1, -0.05) is 62.7 Å². The fourth-order valence-corrected chi connectivity index (χ4v) is 5.91. The highest BCUT2D eigenvalue weighted by Crippen LogP contribution is 2.23. The summed E-state index contributed by atoms with van der Waals surface area (Å²) in [4.78, 5) is 46.0. The fourth-order valence-electron chi connectivity index (χ4n) is 4.89. The van der Waals surface area contributed by atoms with Crippen molar-refractivity contribution < 1.29 is 14.0 Å². The van der Waals surface area contributed by atoms with Gasteiger partial charge in [0.15, 0.2) is 11.6 Å². The zero-order valence-corrected chi connectivity index (χ0v) is 26.6. The molecule has 43 heavy (non-hydrogen) atoms. The van der Waals surface area contributed by atoms with E-state index in [2.05, 4.69) is 31.1 Å². The average molecular weight is 601 g/mol. The summed E-state index contributed by atoms with van der Waals surface area (Å²) in [6.45, 7) is 11.8. The average Bonchev–Trinajstić information content (AvgIpc) is 3.20. The maximum absolute atomic E-state index is 14.9. The van der Waals surface area contributed by atoms with E-state index in [9.17, 15) is 18.8 Å². The van der Waals surface area contributed by atoms with Crippen molar-refractivity contribution in [3.63, 3.8) is 0 Å². The molecule has 0 aliphatic heterocycles. The summed E-state index contributed by atoms with van der Waals surface area (Å²) < 4.78 is 16.6. The fraction of sp³-hybridized carbons (Fsp3) is 0.294. The van der Waals surface area contributed by atoms with Crippen LogP contribution < -0.4 is 25.0 Å². The minimum absolute atomic E-state index is 0.0700. The number of nitrogens with one attached hydrogen (secondary N) is 1. The topological polar surface area (TPSA) is 84.3 Å². The van der Waals surface area contributed by atoms with Crippen molar-refractivity contribution in [1.82, 2.24) is 9.55 Å². The van der Waals surface area contributed by atoms with Crippen LogP contribution in [0.5, 0.6) is 0 Å². The Morgan fingerprint density at radius 3 is 2.26 bits per heavy atom. The summed E-state index contributed by atoms with van der Waals surface area (Å²) in [7, 11) is 3.51. The van der Waals surface area contributed by atoms with Crippen molar-refractivity contribution in [2.75, 3.05) is 24.3 Å². The second-order valence-electron chi connectivity index (χ2n) is 11.9. The summed E-state index contributed by atoms with van der Waals surface area (Å²) in [5, 5.41) is 2.93. The lowest BCUT2D eigenvalue weighted by atomic mass is 9.86. The Balaban J connectivity index is 1.83. The molecule has 0 radical (unpaired) electrons. The van der Waals surface area contributed by atoms with Gasteiger partial charge in [-0.25, -0.2) is 4.39 Å². The minimum atomic E-state index is -0.589. The summed E-state index contributed by atoms with van der Waals surface area (Å²) >= 11 is 1.03. The molecule has 2 heterocycles. The third-order valence-corrected chi connectivity index (χ3v) is 8.20. The molecule has 0 atom stereocenters. The molecule has 0 fully saturated rings. The van der Waals surface area contributed by atoms with Gasteiger partial charge >= 0.3 is 0 Å². The lowest BCUT2D eigenvalue weighted by molar-refractivity contribution is -0.116. The van der Waals surface area contributed by atoms with E-state index in [0.717, 1.165) is 39.8 Å². The zero-order valence-electron chi connectivity index (χ0n) is 25.8. The molecule has 224 valence electrons. The maximum atomic E-state index is 14.9. The number of nitrogens with zero attached hydrogens (tertiary/aromatic N) is 3. The zero-order chi connectivity index (χ0) is 31.6. The van der Waals surface area contributed by atoms with Crippen LogP contribution in [0, 0.1) is 26.6 Å². The first-order valence-electron chi connectivity index (χ1n) is 13.9. The standard InChI is InChI=1S/C34H37FN4O3S/c1-20-13-21(2)32(22(3)14-20)37-30(41)19-39-31(16-28(40)23-9-11-24(12-10-23)34(4,5)6)43-29(33(39)42)15-25-26(35)17-36-18-27(25)38(7)8/h9-18H,19H2,1-8H3,(H,37,41)/b29-15-,31-16-. The largest absolute Gasteiger partial charge is 0.376 e. The maximum Gasteiger partial charge on any atom is 0.269 e. The van der Waals surface area contributed by atoms with Crippen LogP contribution in [-0.4, -0.2) is 35.3 Å². The molecule has 4 rings (SSSR count). The molecule has 2 aromatic carbocycles. The number of halogens is 1. The first kappa shape index (κ1) is 31.6. The molecule has 0 saturated carbocycles. The van der Waals surface area contributed by atoms with E-state index < -0.39 is 17.3 Å². The van der Waals surface area contributed by atoms with Crippen LogP contribution in [0.25, 0.3) is 12.2 Å². The quantitative estimate of drug-likeness (QED) is 0.306. The highest BCUT2D eigenvalue weighted by molar-refractivity contribution is 7.07. The van der Waals surface area contributed by atoms with Crippen LogP contribution in [0.1, 0.15) is 58.9 Å². The number of rotatable bonds is 7. The Kier molecular flexibility index (Phi) is 9.15. The Hall–Kier alpha value is -4.37. The summed E-state index contributed by atoms with van der Waals surface area (Å²) in [5.41, 5.74) is 5.22. The van der Waals surface area contributed by atoms with E-state index in [1.165, 1.54) is 22.9 Å². The lowest BCUT2D eigenvalue weighted by Crippen LogP contribution is -2.36. The number of amides is 1. The number of hydrogen-bond acceptors (Lipinski definition) is 6. The molecule has 1 N–H and O–H groups in total. The van der Waals surface area contributed by atoms with Crippen LogP contribution >= 0.6 is 11.3 Å². The number of carbonyl (C=O) groups is 2. The summed E-state index contributed by atoms with van der Waals surface area (Å²) in [6.07, 6.45) is 5.41. The molecule has 0 unspecified atom stereocenters. The summed E-state index contributed by atoms with van der Waals surface area (Å²) in [5.74, 6) is -1.31. The molecule has 7 nitrogen and oxygen atoms in total. The monoisotopic (exact) mass is 600 g/mol. The molecular formula is C34H37FN4O3S. The van der Waals surface area contributed by atoms with Gasteiger partial charge in [-0.15, -0.1) is 11.3 Å². The molecule has 0 aliphatic carbocycles. The van der Waals surface area contributed by atoms with E-state index in [-0.39, 0.29) is 32.5 Å². The van der Waals surface area contributed by atoms with Crippen molar-refractivity contribution in [3.8, 4) is 0 Å². The third-order valence-electron chi connectivity index (χ3n) is 7.14. The molecule has 0 bridgehead atoms. The number of pyridine rings is 1. The first-order chi connectivity index (χ1) is 20.1.